The van der Waals surface area contributed by atoms with Crippen molar-refractivity contribution in [2.24, 2.45) is 5.10 Å². The lowest BCUT2D eigenvalue weighted by molar-refractivity contribution is 0.413. The molecule has 0 N–H and O–H groups in total. The number of methoxy groups -OCH3 is 2. The molecule has 7 nitrogen and oxygen atoms in total. The van der Waals surface area contributed by atoms with E-state index < -0.39 is 0 Å². The van der Waals surface area contributed by atoms with Gasteiger partial charge < -0.3 is 14.2 Å². The van der Waals surface area contributed by atoms with Crippen molar-refractivity contribution in [3.63, 3.8) is 0 Å². The van der Waals surface area contributed by atoms with Gasteiger partial charge in [0.15, 0.2) is 5.75 Å². The molecule has 1 aliphatic rings. The van der Waals surface area contributed by atoms with Gasteiger partial charge in [0, 0.05) is 29.5 Å². The summed E-state index contributed by atoms with van der Waals surface area (Å²) in [5.41, 5.74) is 6.66. The number of rotatable bonds is 6. The van der Waals surface area contributed by atoms with Gasteiger partial charge in [0.1, 0.15) is 22.8 Å². The molecule has 0 spiro atoms. The van der Waals surface area contributed by atoms with Gasteiger partial charge in [-0.2, -0.15) is 5.10 Å². The molecule has 0 saturated carbocycles. The van der Waals surface area contributed by atoms with Crippen molar-refractivity contribution in [3.05, 3.63) is 114 Å². The van der Waals surface area contributed by atoms with E-state index in [1.807, 2.05) is 71.7 Å². The summed E-state index contributed by atoms with van der Waals surface area (Å²) in [6.07, 6.45) is 3.36. The van der Waals surface area contributed by atoms with E-state index >= 15 is 0 Å². The fraction of sp³-hybridized carbons (Fsp3) is 0.100. The summed E-state index contributed by atoms with van der Waals surface area (Å²) in [5.74, 6) is 2.80. The number of ether oxygens (including phenoxy) is 3. The molecule has 0 unspecified atom stereocenters. The summed E-state index contributed by atoms with van der Waals surface area (Å²) in [6, 6.07) is 27.9. The third kappa shape index (κ3) is 4.43. The van der Waals surface area contributed by atoms with Crippen LogP contribution in [0.4, 0.5) is 5.69 Å². The van der Waals surface area contributed by atoms with Crippen LogP contribution in [0.1, 0.15) is 16.7 Å². The Morgan fingerprint density at radius 1 is 0.757 bits per heavy atom. The first kappa shape index (κ1) is 22.5. The zero-order chi connectivity index (χ0) is 25.2. The fourth-order valence-corrected chi connectivity index (χ4v) is 4.37. The van der Waals surface area contributed by atoms with Crippen LogP contribution in [0.2, 0.25) is 0 Å². The highest BCUT2D eigenvalue weighted by atomic mass is 16.5. The van der Waals surface area contributed by atoms with Crippen LogP contribution < -0.4 is 19.2 Å². The van der Waals surface area contributed by atoms with Crippen molar-refractivity contribution >= 4 is 22.4 Å². The van der Waals surface area contributed by atoms with Gasteiger partial charge in [-0.1, -0.05) is 24.3 Å². The van der Waals surface area contributed by atoms with E-state index in [0.717, 1.165) is 28.3 Å². The summed E-state index contributed by atoms with van der Waals surface area (Å²) < 4.78 is 16.8. The monoisotopic (exact) mass is 488 g/mol. The SMILES string of the molecule is COc1ccc(C2=NN(c3ccc(Oc4ccnc5cc(OC)cnc45)cc3)Cc3ccccc32)cc1. The number of anilines is 1. The highest BCUT2D eigenvalue weighted by Gasteiger charge is 2.21. The van der Waals surface area contributed by atoms with E-state index in [-0.39, 0.29) is 0 Å². The van der Waals surface area contributed by atoms with E-state index in [0.29, 0.717) is 34.8 Å². The van der Waals surface area contributed by atoms with E-state index in [1.165, 1.54) is 5.56 Å². The molecule has 2 aromatic heterocycles. The highest BCUT2D eigenvalue weighted by Crippen LogP contribution is 2.32. The molecule has 6 rings (SSSR count). The topological polar surface area (TPSA) is 69.1 Å². The van der Waals surface area contributed by atoms with Crippen molar-refractivity contribution in [2.45, 2.75) is 6.54 Å². The Morgan fingerprint density at radius 3 is 2.30 bits per heavy atom. The number of hydrazone groups is 1. The molecule has 5 aromatic rings. The van der Waals surface area contributed by atoms with Crippen molar-refractivity contribution in [1.82, 2.24) is 9.97 Å². The van der Waals surface area contributed by atoms with Crippen LogP contribution in [0.15, 0.2) is 102 Å². The lowest BCUT2D eigenvalue weighted by atomic mass is 9.96. The first-order chi connectivity index (χ1) is 18.2. The molecule has 0 radical (unpaired) electrons. The van der Waals surface area contributed by atoms with Gasteiger partial charge in [0.25, 0.3) is 0 Å². The third-order valence-electron chi connectivity index (χ3n) is 6.29. The number of hydrogen-bond donors (Lipinski definition) is 0. The summed E-state index contributed by atoms with van der Waals surface area (Å²) in [7, 11) is 3.28. The minimum absolute atomic E-state index is 0.632. The average molecular weight is 489 g/mol. The van der Waals surface area contributed by atoms with Gasteiger partial charge >= 0.3 is 0 Å². The molecular weight excluding hydrogens is 464 g/mol. The van der Waals surface area contributed by atoms with Crippen LogP contribution in [0.3, 0.4) is 0 Å². The Balaban J connectivity index is 1.29. The lowest BCUT2D eigenvalue weighted by Gasteiger charge is -2.28. The maximum atomic E-state index is 6.17. The van der Waals surface area contributed by atoms with Crippen molar-refractivity contribution in [3.8, 4) is 23.0 Å². The molecule has 1 aliphatic heterocycles. The second-order valence-electron chi connectivity index (χ2n) is 8.54. The summed E-state index contributed by atoms with van der Waals surface area (Å²) >= 11 is 0. The highest BCUT2D eigenvalue weighted by molar-refractivity contribution is 6.14. The van der Waals surface area contributed by atoms with Crippen LogP contribution in [-0.4, -0.2) is 29.9 Å². The molecule has 3 heterocycles. The molecule has 0 atom stereocenters. The predicted octanol–water partition coefficient (Wildman–Crippen LogP) is 6.21. The molecule has 0 fully saturated rings. The maximum absolute atomic E-state index is 6.17. The lowest BCUT2D eigenvalue weighted by Crippen LogP contribution is -2.26. The van der Waals surface area contributed by atoms with Gasteiger partial charge in [-0.15, -0.1) is 0 Å². The zero-order valence-corrected chi connectivity index (χ0v) is 20.5. The van der Waals surface area contributed by atoms with E-state index in [4.69, 9.17) is 19.3 Å². The summed E-state index contributed by atoms with van der Waals surface area (Å²) in [4.78, 5) is 8.84. The minimum atomic E-state index is 0.632. The minimum Gasteiger partial charge on any atom is -0.497 e. The molecule has 0 aliphatic carbocycles. The Kier molecular flexibility index (Phi) is 5.86. The Labute approximate surface area is 214 Å². The van der Waals surface area contributed by atoms with Crippen LogP contribution in [0.5, 0.6) is 23.0 Å². The molecule has 0 saturated heterocycles. The first-order valence-corrected chi connectivity index (χ1v) is 11.9. The molecule has 0 bridgehead atoms. The molecule has 37 heavy (non-hydrogen) atoms. The zero-order valence-electron chi connectivity index (χ0n) is 20.5. The molecule has 182 valence electrons. The van der Waals surface area contributed by atoms with Crippen molar-refractivity contribution in [1.29, 1.82) is 0 Å². The summed E-state index contributed by atoms with van der Waals surface area (Å²) in [6.45, 7) is 0.677. The van der Waals surface area contributed by atoms with Crippen LogP contribution in [-0.2, 0) is 6.54 Å². The molecular formula is C30H24N4O3. The van der Waals surface area contributed by atoms with Crippen molar-refractivity contribution in [2.75, 3.05) is 19.2 Å². The number of nitrogens with zero attached hydrogens (tertiary/aromatic N) is 4. The Morgan fingerprint density at radius 2 is 1.51 bits per heavy atom. The quantitative estimate of drug-likeness (QED) is 0.283. The second kappa shape index (κ2) is 9.62. The van der Waals surface area contributed by atoms with Gasteiger partial charge in [0.2, 0.25) is 0 Å². The maximum Gasteiger partial charge on any atom is 0.156 e. The standard InChI is InChI=1S/C30H24N4O3/c1-35-23-11-7-20(8-12-23)29-26-6-4-3-5-21(26)19-34(33-29)22-9-13-24(14-10-22)37-28-15-16-31-27-17-25(36-2)18-32-30(27)28/h3-18H,19H2,1-2H3. The van der Waals surface area contributed by atoms with Crippen LogP contribution >= 0.6 is 0 Å². The number of benzene rings is 3. The normalized spacial score (nSPS) is 12.6. The van der Waals surface area contributed by atoms with Crippen LogP contribution in [0.25, 0.3) is 11.0 Å². The van der Waals surface area contributed by atoms with Gasteiger partial charge in [-0.3, -0.25) is 9.99 Å². The largest absolute Gasteiger partial charge is 0.497 e. The number of fused-ring (bicyclic) bond motifs is 2. The fourth-order valence-electron chi connectivity index (χ4n) is 4.37. The first-order valence-electron chi connectivity index (χ1n) is 11.9. The number of aromatic nitrogens is 2. The van der Waals surface area contributed by atoms with Crippen LogP contribution in [0, 0.1) is 0 Å². The summed E-state index contributed by atoms with van der Waals surface area (Å²) in [5, 5.41) is 7.04. The van der Waals surface area contributed by atoms with Gasteiger partial charge in [-0.25, -0.2) is 4.98 Å². The third-order valence-corrected chi connectivity index (χ3v) is 6.29. The van der Waals surface area contributed by atoms with E-state index in [2.05, 4.69) is 28.2 Å². The molecule has 0 amide bonds. The smallest absolute Gasteiger partial charge is 0.156 e. The number of hydrogen-bond acceptors (Lipinski definition) is 7. The molecule has 7 heteroatoms. The van der Waals surface area contributed by atoms with E-state index in [9.17, 15) is 0 Å². The van der Waals surface area contributed by atoms with Gasteiger partial charge in [-0.05, 0) is 54.1 Å². The van der Waals surface area contributed by atoms with Gasteiger partial charge in [0.05, 0.1) is 43.9 Å². The van der Waals surface area contributed by atoms with Crippen molar-refractivity contribution < 1.29 is 14.2 Å². The predicted molar refractivity (Wildman–Crippen MR) is 144 cm³/mol. The Bertz CT molecular complexity index is 1600. The number of pyridine rings is 2. The average Bonchev–Trinajstić information content (AvgIpc) is 2.97. The molecule has 3 aromatic carbocycles. The van der Waals surface area contributed by atoms with E-state index in [1.54, 1.807) is 26.6 Å². The second-order valence-corrected chi connectivity index (χ2v) is 8.54. The Hall–Kier alpha value is -4.91.